The molecule has 1 aliphatic rings. The molecule has 1 saturated heterocycles. The van der Waals surface area contributed by atoms with E-state index < -0.39 is 5.82 Å². The Balaban J connectivity index is 2.31. The van der Waals surface area contributed by atoms with E-state index in [0.29, 0.717) is 12.2 Å². The van der Waals surface area contributed by atoms with Crippen molar-refractivity contribution in [2.75, 3.05) is 20.3 Å². The fraction of sp³-hybridized carbons (Fsp3) is 0.438. The lowest BCUT2D eigenvalue weighted by Gasteiger charge is -2.27. The highest BCUT2D eigenvalue weighted by molar-refractivity contribution is 5.96. The first-order valence-electron chi connectivity index (χ1n) is 6.82. The van der Waals surface area contributed by atoms with Gasteiger partial charge >= 0.3 is 0 Å². The maximum absolute atomic E-state index is 13.5. The molecule has 0 aliphatic carbocycles. The van der Waals surface area contributed by atoms with Crippen LogP contribution in [0, 0.1) is 17.7 Å². The number of aliphatic hydroxyl groups is 1. The molecule has 1 heterocycles. The molecule has 5 heteroatoms. The zero-order chi connectivity index (χ0) is 15.4. The average molecular weight is 291 g/mol. The van der Waals surface area contributed by atoms with Gasteiger partial charge in [-0.05, 0) is 31.5 Å². The zero-order valence-electron chi connectivity index (χ0n) is 12.1. The number of hydrogen-bond acceptors (Lipinski definition) is 3. The van der Waals surface area contributed by atoms with Crippen LogP contribution in [0.15, 0.2) is 18.2 Å². The second kappa shape index (κ2) is 6.70. The summed E-state index contributed by atoms with van der Waals surface area (Å²) < 4.78 is 18.9. The van der Waals surface area contributed by atoms with E-state index in [0.717, 1.165) is 6.42 Å². The molecule has 2 unspecified atom stereocenters. The topological polar surface area (TPSA) is 49.8 Å². The summed E-state index contributed by atoms with van der Waals surface area (Å²) in [4.78, 5) is 14.2. The minimum absolute atomic E-state index is 0.0283. The molecule has 1 N–H and O–H groups in total. The van der Waals surface area contributed by atoms with Gasteiger partial charge in [0.15, 0.2) is 0 Å². The van der Waals surface area contributed by atoms with Crippen LogP contribution in [-0.2, 0) is 4.74 Å². The van der Waals surface area contributed by atoms with Gasteiger partial charge in [-0.1, -0.05) is 11.8 Å². The van der Waals surface area contributed by atoms with E-state index in [1.807, 2.05) is 6.92 Å². The standard InChI is InChI=1S/C16H18FNO3/c1-11-15(7-9-21-11)18(2)16(20)14-10-13(17)6-5-12(14)4-3-8-19/h5-6,10-11,15,19H,7-9H2,1-2H3. The molecule has 1 fully saturated rings. The maximum atomic E-state index is 13.5. The molecule has 2 rings (SSSR count). The number of nitrogens with zero attached hydrogens (tertiary/aromatic N) is 1. The number of hydrogen-bond donors (Lipinski definition) is 1. The van der Waals surface area contributed by atoms with E-state index in [-0.39, 0.29) is 30.2 Å². The molecule has 0 radical (unpaired) electrons. The van der Waals surface area contributed by atoms with Gasteiger partial charge in [0.2, 0.25) is 0 Å². The normalized spacial score (nSPS) is 20.8. The largest absolute Gasteiger partial charge is 0.384 e. The first-order chi connectivity index (χ1) is 10.0. The Kier molecular flexibility index (Phi) is 4.94. The van der Waals surface area contributed by atoms with Crippen molar-refractivity contribution in [2.24, 2.45) is 0 Å². The van der Waals surface area contributed by atoms with Gasteiger partial charge in [-0.3, -0.25) is 4.79 Å². The van der Waals surface area contributed by atoms with E-state index in [4.69, 9.17) is 9.84 Å². The highest BCUT2D eigenvalue weighted by Gasteiger charge is 2.31. The van der Waals surface area contributed by atoms with Crippen LogP contribution in [0.1, 0.15) is 29.3 Å². The third kappa shape index (κ3) is 3.41. The number of likely N-dealkylation sites (N-methyl/N-ethyl adjacent to an activating group) is 1. The average Bonchev–Trinajstić information content (AvgIpc) is 2.90. The van der Waals surface area contributed by atoms with Gasteiger partial charge in [-0.25, -0.2) is 4.39 Å². The number of carbonyl (C=O) groups excluding carboxylic acids is 1. The molecule has 0 aromatic heterocycles. The Morgan fingerprint density at radius 1 is 1.57 bits per heavy atom. The molecular weight excluding hydrogens is 273 g/mol. The van der Waals surface area contributed by atoms with Crippen molar-refractivity contribution in [3.63, 3.8) is 0 Å². The summed E-state index contributed by atoms with van der Waals surface area (Å²) in [7, 11) is 1.69. The van der Waals surface area contributed by atoms with Gasteiger partial charge in [0.1, 0.15) is 12.4 Å². The predicted octanol–water partition coefficient (Wildman–Crippen LogP) is 1.42. The SMILES string of the molecule is CC1OCCC1N(C)C(=O)c1cc(F)ccc1C#CCO. The van der Waals surface area contributed by atoms with Crippen LogP contribution in [0.25, 0.3) is 0 Å². The van der Waals surface area contributed by atoms with Gasteiger partial charge in [0.25, 0.3) is 5.91 Å². The molecule has 1 aromatic carbocycles. The van der Waals surface area contributed by atoms with Crippen LogP contribution >= 0.6 is 0 Å². The van der Waals surface area contributed by atoms with E-state index >= 15 is 0 Å². The second-order valence-electron chi connectivity index (χ2n) is 5.00. The summed E-state index contributed by atoms with van der Waals surface area (Å²) >= 11 is 0. The van der Waals surface area contributed by atoms with Crippen molar-refractivity contribution < 1.29 is 19.0 Å². The first-order valence-corrected chi connectivity index (χ1v) is 6.82. The molecule has 21 heavy (non-hydrogen) atoms. The van der Waals surface area contributed by atoms with Gasteiger partial charge in [0, 0.05) is 19.2 Å². The number of amides is 1. The van der Waals surface area contributed by atoms with E-state index in [1.54, 1.807) is 11.9 Å². The van der Waals surface area contributed by atoms with Crippen molar-refractivity contribution in [3.05, 3.63) is 35.1 Å². The summed E-state index contributed by atoms with van der Waals surface area (Å²) in [5.74, 6) is 4.39. The molecule has 0 bridgehead atoms. The van der Waals surface area contributed by atoms with Crippen molar-refractivity contribution in [1.82, 2.24) is 4.90 Å². The molecule has 1 aromatic rings. The minimum Gasteiger partial charge on any atom is -0.384 e. The fourth-order valence-corrected chi connectivity index (χ4v) is 2.51. The Bertz CT molecular complexity index is 591. The lowest BCUT2D eigenvalue weighted by Crippen LogP contribution is -2.41. The Morgan fingerprint density at radius 3 is 2.95 bits per heavy atom. The number of benzene rings is 1. The Labute approximate surface area is 123 Å². The van der Waals surface area contributed by atoms with Crippen LogP contribution < -0.4 is 0 Å². The van der Waals surface area contributed by atoms with Crippen molar-refractivity contribution >= 4 is 5.91 Å². The lowest BCUT2D eigenvalue weighted by molar-refractivity contribution is 0.0574. The van der Waals surface area contributed by atoms with Crippen molar-refractivity contribution in [1.29, 1.82) is 0 Å². The van der Waals surface area contributed by atoms with E-state index in [2.05, 4.69) is 11.8 Å². The molecular formula is C16H18FNO3. The number of rotatable bonds is 2. The highest BCUT2D eigenvalue weighted by Crippen LogP contribution is 2.21. The number of carbonyl (C=O) groups is 1. The Hall–Kier alpha value is -1.90. The molecule has 112 valence electrons. The highest BCUT2D eigenvalue weighted by atomic mass is 19.1. The van der Waals surface area contributed by atoms with Gasteiger partial charge in [0.05, 0.1) is 17.7 Å². The Morgan fingerprint density at radius 2 is 2.33 bits per heavy atom. The summed E-state index contributed by atoms with van der Waals surface area (Å²) in [6.45, 7) is 2.22. The van der Waals surface area contributed by atoms with Gasteiger partial charge in [-0.15, -0.1) is 0 Å². The summed E-state index contributed by atoms with van der Waals surface area (Å²) in [5, 5.41) is 8.77. The van der Waals surface area contributed by atoms with E-state index in [9.17, 15) is 9.18 Å². The molecule has 0 saturated carbocycles. The third-order valence-electron chi connectivity index (χ3n) is 3.67. The van der Waals surface area contributed by atoms with Crippen molar-refractivity contribution in [2.45, 2.75) is 25.5 Å². The minimum atomic E-state index is -0.489. The second-order valence-corrected chi connectivity index (χ2v) is 5.00. The van der Waals surface area contributed by atoms with Crippen LogP contribution in [0.5, 0.6) is 0 Å². The van der Waals surface area contributed by atoms with Crippen LogP contribution in [-0.4, -0.2) is 48.3 Å². The first kappa shape index (κ1) is 15.5. The molecule has 1 aliphatic heterocycles. The fourth-order valence-electron chi connectivity index (χ4n) is 2.51. The molecule has 1 amide bonds. The number of ether oxygens (including phenoxy) is 1. The summed E-state index contributed by atoms with van der Waals surface area (Å²) in [6, 6.07) is 3.85. The monoisotopic (exact) mass is 291 g/mol. The quantitative estimate of drug-likeness (QED) is 0.838. The summed E-state index contributed by atoms with van der Waals surface area (Å²) in [6.07, 6.45) is 0.718. The van der Waals surface area contributed by atoms with Gasteiger partial charge in [-0.2, -0.15) is 0 Å². The molecule has 2 atom stereocenters. The van der Waals surface area contributed by atoms with E-state index in [1.165, 1.54) is 18.2 Å². The van der Waals surface area contributed by atoms with Gasteiger partial charge < -0.3 is 14.7 Å². The lowest BCUT2D eigenvalue weighted by atomic mass is 10.0. The third-order valence-corrected chi connectivity index (χ3v) is 3.67. The zero-order valence-corrected chi connectivity index (χ0v) is 12.1. The number of aliphatic hydroxyl groups excluding tert-OH is 1. The smallest absolute Gasteiger partial charge is 0.255 e. The van der Waals surface area contributed by atoms with Crippen LogP contribution in [0.3, 0.4) is 0 Å². The summed E-state index contributed by atoms with van der Waals surface area (Å²) in [5.41, 5.74) is 0.617. The maximum Gasteiger partial charge on any atom is 0.255 e. The predicted molar refractivity (Wildman–Crippen MR) is 76.3 cm³/mol. The van der Waals surface area contributed by atoms with Crippen LogP contribution in [0.2, 0.25) is 0 Å². The molecule has 0 spiro atoms. The number of halogens is 1. The molecule has 4 nitrogen and oxygen atoms in total. The van der Waals surface area contributed by atoms with Crippen LogP contribution in [0.4, 0.5) is 4.39 Å². The van der Waals surface area contributed by atoms with Crippen molar-refractivity contribution in [3.8, 4) is 11.8 Å².